The van der Waals surface area contributed by atoms with Crippen molar-refractivity contribution in [2.75, 3.05) is 24.5 Å². The molecule has 4 rings (SSSR count). The van der Waals surface area contributed by atoms with E-state index < -0.39 is 0 Å². The Morgan fingerprint density at radius 1 is 1.17 bits per heavy atom. The molecule has 158 valence electrons. The Bertz CT molecular complexity index is 886. The summed E-state index contributed by atoms with van der Waals surface area (Å²) in [5, 5.41) is 0.547. The van der Waals surface area contributed by atoms with E-state index in [9.17, 15) is 4.79 Å². The van der Waals surface area contributed by atoms with E-state index >= 15 is 0 Å². The van der Waals surface area contributed by atoms with Gasteiger partial charge in [0.05, 0.1) is 17.4 Å². The largest absolute Gasteiger partial charge is 0.338 e. The number of rotatable bonds is 6. The Balaban J connectivity index is 1.38. The zero-order valence-corrected chi connectivity index (χ0v) is 18.3. The van der Waals surface area contributed by atoms with E-state index in [2.05, 4.69) is 40.0 Å². The van der Waals surface area contributed by atoms with Gasteiger partial charge in [-0.1, -0.05) is 36.7 Å². The Labute approximate surface area is 183 Å². The fourth-order valence-corrected chi connectivity index (χ4v) is 4.56. The first-order valence-corrected chi connectivity index (χ1v) is 11.4. The minimum absolute atomic E-state index is 0.130. The lowest BCUT2D eigenvalue weighted by Crippen LogP contribution is -2.47. The summed E-state index contributed by atoms with van der Waals surface area (Å²) < 4.78 is 0. The third-order valence-electron chi connectivity index (χ3n) is 6.06. The van der Waals surface area contributed by atoms with Crippen LogP contribution in [0, 0.1) is 0 Å². The lowest BCUT2D eigenvalue weighted by atomic mass is 10.0. The molecule has 2 heterocycles. The molecule has 1 aromatic heterocycles. The molecule has 0 bridgehead atoms. The number of amides is 1. The number of carbonyl (C=O) groups is 1. The standard InChI is InChI=1S/C24H29ClN4O/c1-2-13-29(24-26-16-21(25)17-27-24)22-11-14-28(15-12-22)23(30)20-9-7-19(8-10-20)18-5-3-4-6-18/h5,7-10,16-17,22H,2-4,6,11-15H2,1H3. The predicted octanol–water partition coefficient (Wildman–Crippen LogP) is 5.22. The number of benzene rings is 1. The van der Waals surface area contributed by atoms with Gasteiger partial charge in [-0.15, -0.1) is 0 Å². The van der Waals surface area contributed by atoms with E-state index in [1.54, 1.807) is 12.4 Å². The van der Waals surface area contributed by atoms with Crippen LogP contribution in [0.25, 0.3) is 5.57 Å². The highest BCUT2D eigenvalue weighted by Gasteiger charge is 2.28. The number of aromatic nitrogens is 2. The van der Waals surface area contributed by atoms with Crippen molar-refractivity contribution in [2.45, 2.75) is 51.5 Å². The van der Waals surface area contributed by atoms with Gasteiger partial charge in [-0.2, -0.15) is 0 Å². The van der Waals surface area contributed by atoms with Gasteiger partial charge in [-0.3, -0.25) is 4.79 Å². The number of allylic oxidation sites excluding steroid dienone is 2. The van der Waals surface area contributed by atoms with Crippen molar-refractivity contribution >= 4 is 29.0 Å². The van der Waals surface area contributed by atoms with Crippen molar-refractivity contribution in [3.8, 4) is 0 Å². The van der Waals surface area contributed by atoms with Gasteiger partial charge in [-0.05, 0) is 61.8 Å². The molecule has 0 saturated carbocycles. The van der Waals surface area contributed by atoms with Crippen molar-refractivity contribution in [2.24, 2.45) is 0 Å². The third-order valence-corrected chi connectivity index (χ3v) is 6.26. The van der Waals surface area contributed by atoms with E-state index in [0.717, 1.165) is 56.8 Å². The first-order valence-electron chi connectivity index (χ1n) is 11.0. The fraction of sp³-hybridized carbons (Fsp3) is 0.458. The second-order valence-electron chi connectivity index (χ2n) is 8.12. The number of nitrogens with zero attached hydrogens (tertiary/aromatic N) is 4. The highest BCUT2D eigenvalue weighted by Crippen LogP contribution is 2.28. The van der Waals surface area contributed by atoms with Crippen molar-refractivity contribution in [3.05, 3.63) is 58.9 Å². The maximum Gasteiger partial charge on any atom is 0.253 e. The molecule has 1 aliphatic carbocycles. The predicted molar refractivity (Wildman–Crippen MR) is 122 cm³/mol. The molecule has 1 amide bonds. The molecule has 0 spiro atoms. The quantitative estimate of drug-likeness (QED) is 0.638. The molecule has 2 aliphatic rings. The van der Waals surface area contributed by atoms with Crippen LogP contribution in [-0.2, 0) is 0 Å². The topological polar surface area (TPSA) is 49.3 Å². The summed E-state index contributed by atoms with van der Waals surface area (Å²) in [6.45, 7) is 4.57. The van der Waals surface area contributed by atoms with Gasteiger partial charge in [-0.25, -0.2) is 9.97 Å². The van der Waals surface area contributed by atoms with Crippen LogP contribution in [0.15, 0.2) is 42.7 Å². The van der Waals surface area contributed by atoms with Gasteiger partial charge >= 0.3 is 0 Å². The summed E-state index contributed by atoms with van der Waals surface area (Å²) >= 11 is 5.95. The number of halogens is 1. The summed E-state index contributed by atoms with van der Waals surface area (Å²) in [4.78, 5) is 26.1. The first-order chi connectivity index (χ1) is 14.7. The highest BCUT2D eigenvalue weighted by atomic mass is 35.5. The zero-order valence-electron chi connectivity index (χ0n) is 17.6. The molecule has 5 nitrogen and oxygen atoms in total. The molecule has 0 N–H and O–H groups in total. The van der Waals surface area contributed by atoms with Gasteiger partial charge in [0, 0.05) is 31.2 Å². The molecule has 0 radical (unpaired) electrons. The SMILES string of the molecule is CCCN(c1ncc(Cl)cn1)C1CCN(C(=O)c2ccc(C3=CCCC3)cc2)CC1. The normalized spacial score (nSPS) is 17.1. The van der Waals surface area contributed by atoms with Gasteiger partial charge in [0.1, 0.15) is 0 Å². The Kier molecular flexibility index (Phi) is 6.68. The van der Waals surface area contributed by atoms with Crippen LogP contribution in [0.3, 0.4) is 0 Å². The summed E-state index contributed by atoms with van der Waals surface area (Å²) in [5.74, 6) is 0.855. The van der Waals surface area contributed by atoms with Gasteiger partial charge in [0.15, 0.2) is 0 Å². The summed E-state index contributed by atoms with van der Waals surface area (Å²) in [7, 11) is 0. The second kappa shape index (κ2) is 9.61. The molecule has 1 aromatic carbocycles. The van der Waals surface area contributed by atoms with Gasteiger partial charge in [0.25, 0.3) is 5.91 Å². The minimum Gasteiger partial charge on any atom is -0.338 e. The number of anilines is 1. The van der Waals surface area contributed by atoms with E-state index in [-0.39, 0.29) is 5.91 Å². The average molecular weight is 425 g/mol. The van der Waals surface area contributed by atoms with E-state index in [1.165, 1.54) is 24.0 Å². The highest BCUT2D eigenvalue weighted by molar-refractivity contribution is 6.30. The molecule has 6 heteroatoms. The maximum atomic E-state index is 13.0. The van der Waals surface area contributed by atoms with Crippen LogP contribution in [0.4, 0.5) is 5.95 Å². The molecule has 0 unspecified atom stereocenters. The number of hydrogen-bond donors (Lipinski definition) is 0. The summed E-state index contributed by atoms with van der Waals surface area (Å²) in [6.07, 6.45) is 12.0. The lowest BCUT2D eigenvalue weighted by Gasteiger charge is -2.38. The molecular weight excluding hydrogens is 396 g/mol. The molecule has 1 aliphatic heterocycles. The molecule has 2 aromatic rings. The maximum absolute atomic E-state index is 13.0. The van der Waals surface area contributed by atoms with Crippen molar-refractivity contribution < 1.29 is 4.79 Å². The van der Waals surface area contributed by atoms with E-state index in [0.29, 0.717) is 11.1 Å². The Morgan fingerprint density at radius 2 is 1.87 bits per heavy atom. The number of likely N-dealkylation sites (tertiary alicyclic amines) is 1. The zero-order chi connectivity index (χ0) is 20.9. The van der Waals surface area contributed by atoms with Crippen LogP contribution in [0.5, 0.6) is 0 Å². The number of carbonyl (C=O) groups excluding carboxylic acids is 1. The molecule has 0 atom stereocenters. The van der Waals surface area contributed by atoms with E-state index in [1.807, 2.05) is 17.0 Å². The lowest BCUT2D eigenvalue weighted by molar-refractivity contribution is 0.0712. The fourth-order valence-electron chi connectivity index (χ4n) is 4.46. The first kappa shape index (κ1) is 20.9. The smallest absolute Gasteiger partial charge is 0.253 e. The Morgan fingerprint density at radius 3 is 2.47 bits per heavy atom. The number of piperidine rings is 1. The van der Waals surface area contributed by atoms with Gasteiger partial charge < -0.3 is 9.80 Å². The summed E-state index contributed by atoms with van der Waals surface area (Å²) in [6, 6.07) is 8.49. The molecule has 1 fully saturated rings. The average Bonchev–Trinajstić information content (AvgIpc) is 3.33. The van der Waals surface area contributed by atoms with Crippen LogP contribution in [-0.4, -0.2) is 46.5 Å². The van der Waals surface area contributed by atoms with Crippen LogP contribution in [0.1, 0.15) is 61.4 Å². The van der Waals surface area contributed by atoms with Crippen LogP contribution < -0.4 is 4.90 Å². The van der Waals surface area contributed by atoms with Crippen LogP contribution in [0.2, 0.25) is 5.02 Å². The second-order valence-corrected chi connectivity index (χ2v) is 8.55. The molecular formula is C24H29ClN4O. The van der Waals surface area contributed by atoms with Crippen molar-refractivity contribution in [3.63, 3.8) is 0 Å². The summed E-state index contributed by atoms with van der Waals surface area (Å²) in [5.41, 5.74) is 3.44. The Hall–Kier alpha value is -2.40. The van der Waals surface area contributed by atoms with Crippen molar-refractivity contribution in [1.29, 1.82) is 0 Å². The van der Waals surface area contributed by atoms with Crippen molar-refractivity contribution in [1.82, 2.24) is 14.9 Å². The van der Waals surface area contributed by atoms with E-state index in [4.69, 9.17) is 11.6 Å². The van der Waals surface area contributed by atoms with Crippen LogP contribution >= 0.6 is 11.6 Å². The van der Waals surface area contributed by atoms with Gasteiger partial charge in [0.2, 0.25) is 5.95 Å². The number of hydrogen-bond acceptors (Lipinski definition) is 4. The minimum atomic E-state index is 0.130. The molecule has 30 heavy (non-hydrogen) atoms. The molecule has 1 saturated heterocycles. The third kappa shape index (κ3) is 4.67. The monoisotopic (exact) mass is 424 g/mol.